The van der Waals surface area contributed by atoms with E-state index in [9.17, 15) is 13.2 Å². The van der Waals surface area contributed by atoms with Crippen molar-refractivity contribution >= 4 is 16.1 Å². The number of likely N-dealkylation sites (N-methyl/N-ethyl adjacent to an activating group) is 1. The van der Waals surface area contributed by atoms with Gasteiger partial charge in [0.2, 0.25) is 5.91 Å². The van der Waals surface area contributed by atoms with Crippen molar-refractivity contribution in [2.45, 2.75) is 64.8 Å². The van der Waals surface area contributed by atoms with E-state index < -0.39 is 10.2 Å². The average Bonchev–Trinajstić information content (AvgIpc) is 2.53. The Morgan fingerprint density at radius 3 is 2.19 bits per heavy atom. The molecule has 26 heavy (non-hydrogen) atoms. The molecule has 0 aliphatic carbocycles. The summed E-state index contributed by atoms with van der Waals surface area (Å²) in [5, 5.41) is 2.89. The monoisotopic (exact) mass is 390 g/mol. The van der Waals surface area contributed by atoms with Crippen molar-refractivity contribution in [3.8, 4) is 0 Å². The summed E-state index contributed by atoms with van der Waals surface area (Å²) in [5.41, 5.74) is 0. The van der Waals surface area contributed by atoms with Gasteiger partial charge in [0.25, 0.3) is 10.2 Å². The normalized spacial score (nSPS) is 27.2. The maximum Gasteiger partial charge on any atom is 0.282 e. The van der Waals surface area contributed by atoms with E-state index in [4.69, 9.17) is 4.74 Å². The lowest BCUT2D eigenvalue weighted by Crippen LogP contribution is -2.55. The van der Waals surface area contributed by atoms with Gasteiger partial charge in [0.05, 0.1) is 18.8 Å². The van der Waals surface area contributed by atoms with Gasteiger partial charge in [0.15, 0.2) is 0 Å². The van der Waals surface area contributed by atoms with Gasteiger partial charge in [0.1, 0.15) is 0 Å². The average molecular weight is 391 g/mol. The van der Waals surface area contributed by atoms with Crippen LogP contribution in [-0.4, -0.2) is 91.9 Å². The summed E-state index contributed by atoms with van der Waals surface area (Å²) in [6, 6.07) is 0.350. The zero-order valence-electron chi connectivity index (χ0n) is 16.6. The summed E-state index contributed by atoms with van der Waals surface area (Å²) in [6.45, 7) is 9.82. The first-order valence-corrected chi connectivity index (χ1v) is 10.9. The van der Waals surface area contributed by atoms with Crippen LogP contribution in [0.15, 0.2) is 0 Å². The number of hydrogen-bond donors (Lipinski definition) is 1. The second-order valence-corrected chi connectivity index (χ2v) is 9.78. The first-order chi connectivity index (χ1) is 12.1. The van der Waals surface area contributed by atoms with Crippen LogP contribution in [0.5, 0.6) is 0 Å². The highest BCUT2D eigenvalue weighted by Gasteiger charge is 2.37. The molecule has 0 saturated carbocycles. The highest BCUT2D eigenvalue weighted by Crippen LogP contribution is 2.22. The van der Waals surface area contributed by atoms with E-state index in [1.54, 1.807) is 8.61 Å². The molecular formula is C17H34N4O4S. The van der Waals surface area contributed by atoms with Crippen molar-refractivity contribution in [3.63, 3.8) is 0 Å². The summed E-state index contributed by atoms with van der Waals surface area (Å²) in [5.74, 6) is 0.00819. The zero-order valence-corrected chi connectivity index (χ0v) is 17.5. The first kappa shape index (κ1) is 21.6. The third-order valence-electron chi connectivity index (χ3n) is 4.93. The van der Waals surface area contributed by atoms with Crippen LogP contribution in [0.1, 0.15) is 40.5 Å². The Morgan fingerprint density at radius 1 is 1.15 bits per heavy atom. The highest BCUT2D eigenvalue weighted by molar-refractivity contribution is 7.86. The molecule has 0 aromatic carbocycles. The van der Waals surface area contributed by atoms with E-state index in [0.717, 1.165) is 12.8 Å². The van der Waals surface area contributed by atoms with Gasteiger partial charge in [-0.15, -0.1) is 0 Å². The summed E-state index contributed by atoms with van der Waals surface area (Å²) in [7, 11) is -1.52. The molecular weight excluding hydrogens is 356 g/mol. The standard InChI is InChI=1S/C17H34N4O4S/c1-13(2)18-17(22)12-19(5)16-6-8-20(9-7-16)26(23,24)21-10-14(3)25-15(4)11-21/h13-16H,6-12H2,1-5H3,(H,18,22)/t14-,15-/m0/s1. The number of nitrogens with one attached hydrogen (secondary N) is 1. The van der Waals surface area contributed by atoms with Crippen LogP contribution in [0.25, 0.3) is 0 Å². The maximum absolute atomic E-state index is 12.9. The number of amides is 1. The van der Waals surface area contributed by atoms with Crippen molar-refractivity contribution in [1.29, 1.82) is 0 Å². The third-order valence-corrected chi connectivity index (χ3v) is 6.90. The van der Waals surface area contributed by atoms with Crippen LogP contribution in [0, 0.1) is 0 Å². The van der Waals surface area contributed by atoms with Crippen molar-refractivity contribution in [2.24, 2.45) is 0 Å². The number of hydrogen-bond acceptors (Lipinski definition) is 5. The topological polar surface area (TPSA) is 82.2 Å². The molecule has 9 heteroatoms. The molecule has 8 nitrogen and oxygen atoms in total. The quantitative estimate of drug-likeness (QED) is 0.704. The van der Waals surface area contributed by atoms with Gasteiger partial charge in [-0.1, -0.05) is 0 Å². The van der Waals surface area contributed by atoms with E-state index >= 15 is 0 Å². The minimum Gasteiger partial charge on any atom is -0.373 e. The fourth-order valence-electron chi connectivity index (χ4n) is 3.72. The lowest BCUT2D eigenvalue weighted by Gasteiger charge is -2.40. The molecule has 0 radical (unpaired) electrons. The number of carbonyl (C=O) groups excluding carboxylic acids is 1. The molecule has 1 N–H and O–H groups in total. The number of morpholine rings is 1. The third kappa shape index (κ3) is 5.63. The van der Waals surface area contributed by atoms with E-state index in [0.29, 0.717) is 32.7 Å². The van der Waals surface area contributed by atoms with Crippen molar-refractivity contribution in [3.05, 3.63) is 0 Å². The maximum atomic E-state index is 12.9. The minimum absolute atomic E-state index is 0.00819. The van der Waals surface area contributed by atoms with E-state index in [2.05, 4.69) is 5.32 Å². The summed E-state index contributed by atoms with van der Waals surface area (Å²) >= 11 is 0. The van der Waals surface area contributed by atoms with Crippen LogP contribution in [-0.2, 0) is 19.7 Å². The summed E-state index contributed by atoms with van der Waals surface area (Å²) < 4.78 is 34.6. The van der Waals surface area contributed by atoms with Gasteiger partial charge < -0.3 is 10.1 Å². The molecule has 152 valence electrons. The number of ether oxygens (including phenoxy) is 1. The minimum atomic E-state index is -3.45. The molecule has 0 unspecified atom stereocenters. The van der Waals surface area contributed by atoms with E-state index in [1.165, 1.54) is 0 Å². The van der Waals surface area contributed by atoms with Crippen molar-refractivity contribution < 1.29 is 17.9 Å². The second kappa shape index (κ2) is 8.97. The zero-order chi connectivity index (χ0) is 19.5. The van der Waals surface area contributed by atoms with Crippen LogP contribution in [0.2, 0.25) is 0 Å². The molecule has 2 heterocycles. The lowest BCUT2D eigenvalue weighted by atomic mass is 10.1. The van der Waals surface area contributed by atoms with Gasteiger partial charge in [-0.05, 0) is 47.6 Å². The molecule has 2 rings (SSSR count). The van der Waals surface area contributed by atoms with Gasteiger partial charge in [0, 0.05) is 38.3 Å². The van der Waals surface area contributed by atoms with E-state index in [-0.39, 0.29) is 30.2 Å². The Balaban J connectivity index is 1.88. The molecule has 0 aromatic rings. The molecule has 2 atom stereocenters. The number of piperidine rings is 1. The van der Waals surface area contributed by atoms with Crippen molar-refractivity contribution in [1.82, 2.24) is 18.8 Å². The molecule has 0 bridgehead atoms. The molecule has 2 aliphatic heterocycles. The van der Waals surface area contributed by atoms with Crippen LogP contribution in [0.3, 0.4) is 0 Å². The molecule has 0 spiro atoms. The number of rotatable bonds is 6. The highest BCUT2D eigenvalue weighted by atomic mass is 32.2. The SMILES string of the molecule is CC(C)NC(=O)CN(C)C1CCN(S(=O)(=O)N2C[C@H](C)O[C@@H](C)C2)CC1. The lowest BCUT2D eigenvalue weighted by molar-refractivity contribution is -0.123. The van der Waals surface area contributed by atoms with E-state index in [1.807, 2.05) is 39.6 Å². The van der Waals surface area contributed by atoms with Crippen LogP contribution >= 0.6 is 0 Å². The van der Waals surface area contributed by atoms with Gasteiger partial charge >= 0.3 is 0 Å². The van der Waals surface area contributed by atoms with Crippen molar-refractivity contribution in [2.75, 3.05) is 39.8 Å². The predicted molar refractivity (Wildman–Crippen MR) is 101 cm³/mol. The summed E-state index contributed by atoms with van der Waals surface area (Å²) in [4.78, 5) is 13.9. The fourth-order valence-corrected chi connectivity index (χ4v) is 5.51. The largest absolute Gasteiger partial charge is 0.373 e. The molecule has 0 aromatic heterocycles. The predicted octanol–water partition coefficient (Wildman–Crippen LogP) is 0.261. The summed E-state index contributed by atoms with van der Waals surface area (Å²) in [6.07, 6.45) is 1.30. The Hall–Kier alpha value is -0.740. The second-order valence-electron chi connectivity index (χ2n) is 7.85. The first-order valence-electron chi connectivity index (χ1n) is 9.50. The van der Waals surface area contributed by atoms with Crippen LogP contribution in [0.4, 0.5) is 0 Å². The Kier molecular flexibility index (Phi) is 7.43. The molecule has 2 aliphatic rings. The van der Waals surface area contributed by atoms with Crippen LogP contribution < -0.4 is 5.32 Å². The Morgan fingerprint density at radius 2 is 1.69 bits per heavy atom. The van der Waals surface area contributed by atoms with Gasteiger partial charge in [-0.2, -0.15) is 17.0 Å². The molecule has 2 saturated heterocycles. The Labute approximate surface area is 158 Å². The number of nitrogens with zero attached hydrogens (tertiary/aromatic N) is 3. The smallest absolute Gasteiger partial charge is 0.282 e. The molecule has 2 fully saturated rings. The molecule has 1 amide bonds. The fraction of sp³-hybridized carbons (Fsp3) is 0.941. The van der Waals surface area contributed by atoms with Gasteiger partial charge in [-0.3, -0.25) is 9.69 Å². The van der Waals surface area contributed by atoms with Gasteiger partial charge in [-0.25, -0.2) is 0 Å². The Bertz CT molecular complexity index is 565. The number of carbonyl (C=O) groups is 1.